The lowest BCUT2D eigenvalue weighted by Crippen LogP contribution is -2.09. The Labute approximate surface area is 226 Å². The molecule has 0 saturated heterocycles. The van der Waals surface area contributed by atoms with Crippen molar-refractivity contribution in [2.24, 2.45) is 0 Å². The first-order chi connectivity index (χ1) is 18.9. The predicted molar refractivity (Wildman–Crippen MR) is 147 cm³/mol. The molecule has 1 unspecified atom stereocenters. The van der Waals surface area contributed by atoms with Crippen molar-refractivity contribution in [3.63, 3.8) is 0 Å². The van der Waals surface area contributed by atoms with Gasteiger partial charge < -0.3 is 14.2 Å². The fourth-order valence-corrected chi connectivity index (χ4v) is 5.28. The molecule has 0 fully saturated rings. The van der Waals surface area contributed by atoms with Crippen LogP contribution in [0.2, 0.25) is 0 Å². The van der Waals surface area contributed by atoms with Gasteiger partial charge in [-0.05, 0) is 78.6 Å². The molecule has 1 aliphatic carbocycles. The highest BCUT2D eigenvalue weighted by molar-refractivity contribution is 6.16. The van der Waals surface area contributed by atoms with Crippen LogP contribution in [0.1, 0.15) is 46.8 Å². The smallest absolute Gasteiger partial charge is 0.190 e. The SMILES string of the molecule is C#COc1ccc2c(c1)O/C(=C/C1=CC(=C3/C(=O)c4ccccc4C3c3ccc(F)cc3)/C=C(C)O1)C=C2C. The maximum absolute atomic E-state index is 13.8. The first-order valence-electron chi connectivity index (χ1n) is 12.5. The summed E-state index contributed by atoms with van der Waals surface area (Å²) < 4.78 is 31.1. The van der Waals surface area contributed by atoms with Gasteiger partial charge in [0, 0.05) is 34.8 Å². The van der Waals surface area contributed by atoms with Crippen LogP contribution in [0.15, 0.2) is 119 Å². The second-order valence-corrected chi connectivity index (χ2v) is 9.53. The highest BCUT2D eigenvalue weighted by Gasteiger charge is 2.37. The monoisotopic (exact) mass is 514 g/mol. The van der Waals surface area contributed by atoms with E-state index in [1.54, 1.807) is 30.3 Å². The lowest BCUT2D eigenvalue weighted by Gasteiger charge is -2.21. The molecule has 3 aromatic rings. The van der Waals surface area contributed by atoms with Crippen molar-refractivity contribution in [3.8, 4) is 24.0 Å². The molecule has 3 aromatic carbocycles. The Balaban J connectivity index is 1.43. The van der Waals surface area contributed by atoms with E-state index in [2.05, 4.69) is 6.11 Å². The van der Waals surface area contributed by atoms with Gasteiger partial charge in [-0.1, -0.05) is 42.8 Å². The second kappa shape index (κ2) is 9.66. The molecule has 6 rings (SSSR count). The fourth-order valence-electron chi connectivity index (χ4n) is 5.28. The van der Waals surface area contributed by atoms with Crippen molar-refractivity contribution in [3.05, 3.63) is 148 Å². The molecule has 0 bridgehead atoms. The average Bonchev–Trinajstić information content (AvgIpc) is 3.21. The van der Waals surface area contributed by atoms with Crippen molar-refractivity contribution < 1.29 is 23.4 Å². The van der Waals surface area contributed by atoms with Gasteiger partial charge in [-0.15, -0.1) is 0 Å². The molecule has 5 heteroatoms. The third kappa shape index (κ3) is 4.47. The van der Waals surface area contributed by atoms with E-state index in [4.69, 9.17) is 20.6 Å². The predicted octanol–water partition coefficient (Wildman–Crippen LogP) is 7.62. The number of benzene rings is 3. The number of Topliss-reactive ketones (excluding diaryl/α,β-unsaturated/α-hetero) is 1. The Morgan fingerprint density at radius 2 is 1.74 bits per heavy atom. The van der Waals surface area contributed by atoms with Gasteiger partial charge in [-0.3, -0.25) is 4.79 Å². The number of carbonyl (C=O) groups is 1. The lowest BCUT2D eigenvalue weighted by molar-refractivity contribution is 0.103. The lowest BCUT2D eigenvalue weighted by atomic mass is 9.86. The number of ether oxygens (including phenoxy) is 3. The summed E-state index contributed by atoms with van der Waals surface area (Å²) in [5, 5.41) is 0. The molecular weight excluding hydrogens is 491 g/mol. The van der Waals surface area contributed by atoms with Crippen LogP contribution in [0, 0.1) is 18.3 Å². The molecule has 0 amide bonds. The van der Waals surface area contributed by atoms with Crippen LogP contribution in [-0.4, -0.2) is 5.78 Å². The van der Waals surface area contributed by atoms with Gasteiger partial charge in [0.15, 0.2) is 5.78 Å². The van der Waals surface area contributed by atoms with Gasteiger partial charge in [-0.25, -0.2) is 4.39 Å². The van der Waals surface area contributed by atoms with Gasteiger partial charge in [-0.2, -0.15) is 0 Å². The quantitative estimate of drug-likeness (QED) is 0.266. The van der Waals surface area contributed by atoms with E-state index < -0.39 is 0 Å². The molecule has 0 radical (unpaired) electrons. The molecule has 4 nitrogen and oxygen atoms in total. The molecule has 0 aromatic heterocycles. The molecule has 1 atom stereocenters. The van der Waals surface area contributed by atoms with Gasteiger partial charge in [0.1, 0.15) is 40.7 Å². The number of hydrogen-bond donors (Lipinski definition) is 0. The van der Waals surface area contributed by atoms with Crippen LogP contribution < -0.4 is 9.47 Å². The number of hydrogen-bond acceptors (Lipinski definition) is 4. The fraction of sp³-hybridized carbons (Fsp3) is 0.0882. The van der Waals surface area contributed by atoms with Gasteiger partial charge in [0.25, 0.3) is 0 Å². The van der Waals surface area contributed by atoms with Crippen molar-refractivity contribution >= 4 is 11.4 Å². The maximum Gasteiger partial charge on any atom is 0.190 e. The summed E-state index contributed by atoms with van der Waals surface area (Å²) >= 11 is 0. The normalized spacial score (nSPS) is 20.6. The third-order valence-corrected chi connectivity index (χ3v) is 6.93. The molecule has 2 aliphatic heterocycles. The van der Waals surface area contributed by atoms with Crippen molar-refractivity contribution in [2.75, 3.05) is 0 Å². The van der Waals surface area contributed by atoms with Crippen molar-refractivity contribution in [1.82, 2.24) is 0 Å². The molecule has 2 heterocycles. The summed E-state index contributed by atoms with van der Waals surface area (Å²) in [5.74, 6) is 2.16. The van der Waals surface area contributed by atoms with E-state index in [0.29, 0.717) is 39.9 Å². The van der Waals surface area contributed by atoms with E-state index >= 15 is 0 Å². The van der Waals surface area contributed by atoms with Crippen LogP contribution in [0.5, 0.6) is 11.5 Å². The summed E-state index contributed by atoms with van der Waals surface area (Å²) in [4.78, 5) is 13.7. The van der Waals surface area contributed by atoms with E-state index in [-0.39, 0.29) is 17.5 Å². The highest BCUT2D eigenvalue weighted by atomic mass is 19.1. The topological polar surface area (TPSA) is 44.8 Å². The van der Waals surface area contributed by atoms with E-state index in [1.807, 2.05) is 62.4 Å². The molecule has 39 heavy (non-hydrogen) atoms. The Bertz CT molecular complexity index is 1730. The van der Waals surface area contributed by atoms with E-state index in [9.17, 15) is 9.18 Å². The minimum absolute atomic E-state index is 0.0521. The van der Waals surface area contributed by atoms with Crippen LogP contribution >= 0.6 is 0 Å². The van der Waals surface area contributed by atoms with Crippen LogP contribution in [0.4, 0.5) is 4.39 Å². The summed E-state index contributed by atoms with van der Waals surface area (Å²) in [6.07, 6.45) is 14.9. The number of rotatable bonds is 3. The number of ketones is 1. The molecule has 0 N–H and O–H groups in total. The van der Waals surface area contributed by atoms with E-state index in [1.165, 1.54) is 12.1 Å². The number of allylic oxidation sites excluding steroid dienone is 8. The summed E-state index contributed by atoms with van der Waals surface area (Å²) in [7, 11) is 0. The Morgan fingerprint density at radius 1 is 0.949 bits per heavy atom. The minimum Gasteiger partial charge on any atom is -0.462 e. The highest BCUT2D eigenvalue weighted by Crippen LogP contribution is 2.45. The maximum atomic E-state index is 13.8. The van der Waals surface area contributed by atoms with Gasteiger partial charge in [0.2, 0.25) is 0 Å². The molecular formula is C34H23FO4. The number of terminal acetylenes is 1. The van der Waals surface area contributed by atoms with Gasteiger partial charge in [0.05, 0.1) is 0 Å². The molecule has 0 spiro atoms. The third-order valence-electron chi connectivity index (χ3n) is 6.93. The molecule has 3 aliphatic rings. The summed E-state index contributed by atoms with van der Waals surface area (Å²) in [6, 6.07) is 19.3. The first kappa shape index (κ1) is 24.3. The van der Waals surface area contributed by atoms with Crippen LogP contribution in [0.3, 0.4) is 0 Å². The minimum atomic E-state index is -0.328. The Morgan fingerprint density at radius 3 is 2.54 bits per heavy atom. The standard InChI is InChI=1S/C34H23FO4/c1-4-37-25-13-14-28-20(2)15-26(39-31(28)19-25)18-27-17-23(16-21(3)38-27)33-32(22-9-11-24(35)12-10-22)29-7-5-6-8-30(29)34(33)36/h1,5-19,32H,2-3H3/b26-18+,33-23+. The molecule has 190 valence electrons. The zero-order valence-electron chi connectivity index (χ0n) is 21.3. The zero-order valence-corrected chi connectivity index (χ0v) is 21.3. The molecule has 0 saturated carbocycles. The number of fused-ring (bicyclic) bond motifs is 2. The number of carbonyl (C=O) groups excluding carboxylic acids is 1. The summed E-state index contributed by atoms with van der Waals surface area (Å²) in [5.41, 5.74) is 5.70. The second-order valence-electron chi connectivity index (χ2n) is 9.53. The van der Waals surface area contributed by atoms with Crippen LogP contribution in [0.25, 0.3) is 5.57 Å². The van der Waals surface area contributed by atoms with Crippen molar-refractivity contribution in [2.45, 2.75) is 19.8 Å². The van der Waals surface area contributed by atoms with Crippen molar-refractivity contribution in [1.29, 1.82) is 0 Å². The van der Waals surface area contributed by atoms with Crippen LogP contribution in [-0.2, 0) is 4.74 Å². The Kier molecular flexibility index (Phi) is 6.01. The Hall–Kier alpha value is -5.08. The van der Waals surface area contributed by atoms with E-state index in [0.717, 1.165) is 27.8 Å². The zero-order chi connectivity index (χ0) is 27.1. The summed E-state index contributed by atoms with van der Waals surface area (Å²) in [6.45, 7) is 3.83. The first-order valence-corrected chi connectivity index (χ1v) is 12.5. The largest absolute Gasteiger partial charge is 0.462 e. The van der Waals surface area contributed by atoms with Gasteiger partial charge >= 0.3 is 0 Å². The number of halogens is 1. The average molecular weight is 515 g/mol.